The fraction of sp³-hybridized carbons (Fsp3) is 0.929. The normalized spacial score (nSPS) is 28.9. The van der Waals surface area contributed by atoms with Gasteiger partial charge in [-0.05, 0) is 43.3 Å². The molecular formula is C14H26N2S. The molecule has 0 radical (unpaired) electrons. The molecule has 0 aromatic rings. The van der Waals surface area contributed by atoms with Gasteiger partial charge in [-0.15, -0.1) is 0 Å². The maximum atomic E-state index is 5.45. The Balaban J connectivity index is 1.80. The summed E-state index contributed by atoms with van der Waals surface area (Å²) in [6.07, 6.45) is 10.6. The molecule has 0 saturated heterocycles. The van der Waals surface area contributed by atoms with Gasteiger partial charge in [-0.25, -0.2) is 0 Å². The minimum absolute atomic E-state index is 0.389. The van der Waals surface area contributed by atoms with Crippen LogP contribution in [0.3, 0.4) is 0 Å². The molecule has 0 aromatic heterocycles. The summed E-state index contributed by atoms with van der Waals surface area (Å²) in [6, 6.07) is 1.18. The second-order valence-corrected chi connectivity index (χ2v) is 6.79. The number of rotatable bonds is 2. The van der Waals surface area contributed by atoms with Crippen molar-refractivity contribution in [2.75, 3.05) is 0 Å². The Hall–Kier alpha value is -0.310. The van der Waals surface area contributed by atoms with Crippen LogP contribution < -0.4 is 10.6 Å². The van der Waals surface area contributed by atoms with Gasteiger partial charge in [0.25, 0.3) is 0 Å². The predicted molar refractivity (Wildman–Crippen MR) is 77.2 cm³/mol. The molecular weight excluding hydrogens is 228 g/mol. The van der Waals surface area contributed by atoms with E-state index in [1.807, 2.05) is 0 Å². The third-order valence-electron chi connectivity index (χ3n) is 4.50. The van der Waals surface area contributed by atoms with Crippen LogP contribution >= 0.6 is 12.2 Å². The molecule has 0 bridgehead atoms. The zero-order chi connectivity index (χ0) is 12.3. The molecule has 2 rings (SSSR count). The quantitative estimate of drug-likeness (QED) is 0.739. The Morgan fingerprint density at radius 1 is 1.00 bits per heavy atom. The van der Waals surface area contributed by atoms with E-state index in [1.54, 1.807) is 0 Å². The molecule has 2 fully saturated rings. The largest absolute Gasteiger partial charge is 0.360 e. The molecule has 2 N–H and O–H groups in total. The van der Waals surface area contributed by atoms with E-state index < -0.39 is 0 Å². The summed E-state index contributed by atoms with van der Waals surface area (Å²) in [6.45, 7) is 4.73. The minimum atomic E-state index is 0.389. The molecule has 2 aliphatic rings. The zero-order valence-corrected chi connectivity index (χ0v) is 12.0. The van der Waals surface area contributed by atoms with Crippen LogP contribution in [0.2, 0.25) is 0 Å². The molecule has 0 aromatic carbocycles. The molecule has 17 heavy (non-hydrogen) atoms. The molecule has 1 atom stereocenters. The molecule has 0 amide bonds. The lowest BCUT2D eigenvalue weighted by Gasteiger charge is -2.40. The van der Waals surface area contributed by atoms with Crippen LogP contribution in [0.25, 0.3) is 0 Å². The Kier molecular flexibility index (Phi) is 4.29. The third-order valence-corrected chi connectivity index (χ3v) is 4.74. The summed E-state index contributed by atoms with van der Waals surface area (Å²) >= 11 is 5.45. The minimum Gasteiger partial charge on any atom is -0.360 e. The first-order valence-corrected chi connectivity index (χ1v) is 7.56. The second kappa shape index (κ2) is 5.55. The lowest BCUT2D eigenvalue weighted by molar-refractivity contribution is 0.185. The van der Waals surface area contributed by atoms with E-state index in [2.05, 4.69) is 24.5 Å². The van der Waals surface area contributed by atoms with Gasteiger partial charge in [-0.3, -0.25) is 0 Å². The molecule has 1 unspecified atom stereocenters. The average molecular weight is 254 g/mol. The fourth-order valence-electron chi connectivity index (χ4n) is 3.22. The van der Waals surface area contributed by atoms with E-state index in [9.17, 15) is 0 Å². The third kappa shape index (κ3) is 3.57. The van der Waals surface area contributed by atoms with Crippen molar-refractivity contribution < 1.29 is 0 Å². The first-order valence-electron chi connectivity index (χ1n) is 7.15. The number of thiocarbonyl (C=S) groups is 1. The Labute approximate surface area is 111 Å². The van der Waals surface area contributed by atoms with E-state index >= 15 is 0 Å². The van der Waals surface area contributed by atoms with Crippen LogP contribution in [-0.4, -0.2) is 17.2 Å². The van der Waals surface area contributed by atoms with Crippen LogP contribution in [-0.2, 0) is 0 Å². The predicted octanol–water partition coefficient (Wildman–Crippen LogP) is 3.36. The highest BCUT2D eigenvalue weighted by molar-refractivity contribution is 7.80. The van der Waals surface area contributed by atoms with Gasteiger partial charge in [-0.1, -0.05) is 39.5 Å². The van der Waals surface area contributed by atoms with Gasteiger partial charge in [0.05, 0.1) is 0 Å². The highest BCUT2D eigenvalue weighted by Gasteiger charge is 2.32. The first-order chi connectivity index (χ1) is 8.08. The van der Waals surface area contributed by atoms with Gasteiger partial charge in [0.2, 0.25) is 0 Å². The van der Waals surface area contributed by atoms with Crippen molar-refractivity contribution in [3.63, 3.8) is 0 Å². The Morgan fingerprint density at radius 2 is 1.65 bits per heavy atom. The maximum absolute atomic E-state index is 5.45. The molecule has 0 spiro atoms. The molecule has 2 aliphatic carbocycles. The number of hydrogen-bond acceptors (Lipinski definition) is 1. The van der Waals surface area contributed by atoms with Crippen molar-refractivity contribution in [2.45, 2.75) is 77.3 Å². The standard InChI is InChI=1S/C14H26N2S/c1-14(2)10-6-5-9-12(14)16-13(17)15-11-7-3-4-8-11/h11-12H,3-10H2,1-2H3,(H2,15,16,17). The van der Waals surface area contributed by atoms with E-state index in [4.69, 9.17) is 12.2 Å². The summed E-state index contributed by atoms with van der Waals surface area (Å²) in [5.41, 5.74) is 0.389. The van der Waals surface area contributed by atoms with Crippen molar-refractivity contribution >= 4 is 17.3 Å². The van der Waals surface area contributed by atoms with Crippen molar-refractivity contribution in [3.05, 3.63) is 0 Å². The summed E-state index contributed by atoms with van der Waals surface area (Å²) < 4.78 is 0. The Bertz CT molecular complexity index is 269. The van der Waals surface area contributed by atoms with E-state index in [-0.39, 0.29) is 0 Å². The van der Waals surface area contributed by atoms with Crippen LogP contribution in [0.15, 0.2) is 0 Å². The van der Waals surface area contributed by atoms with Crippen molar-refractivity contribution in [1.82, 2.24) is 10.6 Å². The van der Waals surface area contributed by atoms with Gasteiger partial charge in [-0.2, -0.15) is 0 Å². The second-order valence-electron chi connectivity index (χ2n) is 6.39. The van der Waals surface area contributed by atoms with E-state index in [0.29, 0.717) is 17.5 Å². The van der Waals surface area contributed by atoms with Crippen molar-refractivity contribution in [2.24, 2.45) is 5.41 Å². The SMILES string of the molecule is CC1(C)CCCCC1NC(=S)NC1CCCC1. The van der Waals surface area contributed by atoms with Gasteiger partial charge in [0.1, 0.15) is 0 Å². The highest BCUT2D eigenvalue weighted by Crippen LogP contribution is 2.35. The van der Waals surface area contributed by atoms with Crippen LogP contribution in [0.1, 0.15) is 65.2 Å². The Morgan fingerprint density at radius 3 is 2.29 bits per heavy atom. The van der Waals surface area contributed by atoms with Gasteiger partial charge >= 0.3 is 0 Å². The highest BCUT2D eigenvalue weighted by atomic mass is 32.1. The van der Waals surface area contributed by atoms with E-state index in [0.717, 1.165) is 5.11 Å². The van der Waals surface area contributed by atoms with Crippen molar-refractivity contribution in [1.29, 1.82) is 0 Å². The summed E-state index contributed by atoms with van der Waals surface area (Å²) in [7, 11) is 0. The topological polar surface area (TPSA) is 24.1 Å². The van der Waals surface area contributed by atoms with Crippen LogP contribution in [0.4, 0.5) is 0 Å². The average Bonchev–Trinajstić information content (AvgIpc) is 2.73. The molecule has 0 heterocycles. The maximum Gasteiger partial charge on any atom is 0.166 e. The monoisotopic (exact) mass is 254 g/mol. The van der Waals surface area contributed by atoms with E-state index in [1.165, 1.54) is 51.4 Å². The molecule has 3 heteroatoms. The lowest BCUT2D eigenvalue weighted by Crippen LogP contribution is -2.51. The van der Waals surface area contributed by atoms with Crippen LogP contribution in [0.5, 0.6) is 0 Å². The summed E-state index contributed by atoms with van der Waals surface area (Å²) in [5, 5.41) is 7.93. The summed E-state index contributed by atoms with van der Waals surface area (Å²) in [4.78, 5) is 0. The lowest BCUT2D eigenvalue weighted by atomic mass is 9.73. The smallest absolute Gasteiger partial charge is 0.166 e. The zero-order valence-electron chi connectivity index (χ0n) is 11.2. The van der Waals surface area contributed by atoms with Crippen molar-refractivity contribution in [3.8, 4) is 0 Å². The first kappa shape index (κ1) is 13.1. The number of hydrogen-bond donors (Lipinski definition) is 2. The van der Waals surface area contributed by atoms with Gasteiger partial charge < -0.3 is 10.6 Å². The molecule has 0 aliphatic heterocycles. The fourth-order valence-corrected chi connectivity index (χ4v) is 3.53. The van der Waals surface area contributed by atoms with Crippen LogP contribution in [0, 0.1) is 5.41 Å². The molecule has 98 valence electrons. The molecule has 2 nitrogen and oxygen atoms in total. The molecule has 2 saturated carbocycles. The summed E-state index contributed by atoms with van der Waals surface area (Å²) in [5.74, 6) is 0. The van der Waals surface area contributed by atoms with Gasteiger partial charge in [0, 0.05) is 12.1 Å². The number of nitrogens with one attached hydrogen (secondary N) is 2. The van der Waals surface area contributed by atoms with Gasteiger partial charge in [0.15, 0.2) is 5.11 Å².